The van der Waals surface area contributed by atoms with Gasteiger partial charge in [0.1, 0.15) is 24.4 Å². The summed E-state index contributed by atoms with van der Waals surface area (Å²) in [6.45, 7) is -0.856. The average molecular weight is 302 g/mol. The summed E-state index contributed by atoms with van der Waals surface area (Å²) >= 11 is 0. The van der Waals surface area contributed by atoms with E-state index in [1.807, 2.05) is 0 Å². The molecule has 1 aromatic rings. The van der Waals surface area contributed by atoms with Crippen LogP contribution in [0.5, 0.6) is 0 Å². The van der Waals surface area contributed by atoms with Gasteiger partial charge in [-0.1, -0.05) is 18.2 Å². The first-order valence-electron chi connectivity index (χ1n) is 6.15. The molecule has 0 radical (unpaired) electrons. The van der Waals surface area contributed by atoms with Crippen LogP contribution in [0, 0.1) is 0 Å². The number of carbonyl (C=O) groups is 1. The van der Waals surface area contributed by atoms with E-state index in [1.165, 1.54) is 12.1 Å². The summed E-state index contributed by atoms with van der Waals surface area (Å²) in [4.78, 5) is 11.6. The number of esters is 1. The van der Waals surface area contributed by atoms with Gasteiger partial charge in [0.05, 0.1) is 12.2 Å². The Hall–Kier alpha value is -1.55. The maximum absolute atomic E-state index is 11.6. The molecule has 8 nitrogen and oxygen atoms in total. The Balaban J connectivity index is 2.62. The minimum atomic E-state index is -2.12. The molecule has 8 heteroatoms. The fourth-order valence-electron chi connectivity index (χ4n) is 1.53. The maximum atomic E-state index is 11.6. The zero-order valence-electron chi connectivity index (χ0n) is 11.0. The highest BCUT2D eigenvalue weighted by atomic mass is 16.6. The van der Waals surface area contributed by atoms with Crippen molar-refractivity contribution in [1.29, 1.82) is 0 Å². The number of rotatable bonds is 7. The van der Waals surface area contributed by atoms with Crippen molar-refractivity contribution in [2.75, 3.05) is 6.61 Å². The molecular formula is C13H18O8. The summed E-state index contributed by atoms with van der Waals surface area (Å²) in [5.41, 5.74) is 0.120. The lowest BCUT2D eigenvalue weighted by Gasteiger charge is -2.28. The molecule has 0 aliphatic heterocycles. The fourth-order valence-corrected chi connectivity index (χ4v) is 1.53. The third-order valence-electron chi connectivity index (χ3n) is 2.81. The van der Waals surface area contributed by atoms with Gasteiger partial charge >= 0.3 is 5.97 Å². The van der Waals surface area contributed by atoms with E-state index in [1.54, 1.807) is 18.2 Å². The van der Waals surface area contributed by atoms with Crippen LogP contribution in [0.25, 0.3) is 0 Å². The van der Waals surface area contributed by atoms with E-state index in [4.69, 9.17) is 10.2 Å². The predicted octanol–water partition coefficient (Wildman–Crippen LogP) is -2.40. The highest BCUT2D eigenvalue weighted by molar-refractivity contribution is 5.89. The maximum Gasteiger partial charge on any atom is 0.340 e. The normalized spacial score (nSPS) is 18.4. The standard InChI is InChI=1S/C13H18O8/c14-6-8(15)9(16)10(17)11(18)13(20)21-12(19)7-4-2-1-3-5-7/h1-5,8-11,13-18,20H,6H2/t8-,9-,10+,11-,13?/m1/s1. The van der Waals surface area contributed by atoms with Gasteiger partial charge < -0.3 is 35.4 Å². The minimum Gasteiger partial charge on any atom is -0.429 e. The smallest absolute Gasteiger partial charge is 0.340 e. The van der Waals surface area contributed by atoms with Crippen molar-refractivity contribution in [2.24, 2.45) is 0 Å². The topological polar surface area (TPSA) is 148 Å². The number of hydrogen-bond donors (Lipinski definition) is 6. The zero-order chi connectivity index (χ0) is 16.0. The molecule has 0 aromatic heterocycles. The molecular weight excluding hydrogens is 284 g/mol. The lowest BCUT2D eigenvalue weighted by atomic mass is 10.0. The molecule has 0 spiro atoms. The van der Waals surface area contributed by atoms with Gasteiger partial charge in [0.15, 0.2) is 0 Å². The lowest BCUT2D eigenvalue weighted by molar-refractivity contribution is -0.191. The summed E-state index contributed by atoms with van der Waals surface area (Å²) in [5.74, 6) is -0.938. The van der Waals surface area contributed by atoms with Crippen LogP contribution in [-0.4, -0.2) is 73.9 Å². The fraction of sp³-hybridized carbons (Fsp3) is 0.462. The highest BCUT2D eigenvalue weighted by Gasteiger charge is 2.35. The molecule has 6 N–H and O–H groups in total. The molecule has 1 unspecified atom stereocenters. The quantitative estimate of drug-likeness (QED) is 0.241. The van der Waals surface area contributed by atoms with E-state index < -0.39 is 43.3 Å². The van der Waals surface area contributed by atoms with E-state index >= 15 is 0 Å². The van der Waals surface area contributed by atoms with Crippen LogP contribution < -0.4 is 0 Å². The van der Waals surface area contributed by atoms with Crippen molar-refractivity contribution in [1.82, 2.24) is 0 Å². The molecule has 0 aliphatic rings. The number of carbonyl (C=O) groups excluding carboxylic acids is 1. The molecule has 0 heterocycles. The second-order valence-electron chi connectivity index (χ2n) is 4.38. The number of hydrogen-bond acceptors (Lipinski definition) is 8. The lowest BCUT2D eigenvalue weighted by Crippen LogP contribution is -2.50. The molecule has 0 saturated carbocycles. The van der Waals surface area contributed by atoms with Crippen molar-refractivity contribution >= 4 is 5.97 Å². The van der Waals surface area contributed by atoms with Gasteiger partial charge in [-0.05, 0) is 12.1 Å². The van der Waals surface area contributed by atoms with Gasteiger partial charge in [-0.25, -0.2) is 4.79 Å². The van der Waals surface area contributed by atoms with Crippen LogP contribution in [0.1, 0.15) is 10.4 Å². The summed E-state index contributed by atoms with van der Waals surface area (Å²) in [6, 6.07) is 7.63. The van der Waals surface area contributed by atoms with Crippen LogP contribution in [0.2, 0.25) is 0 Å². The molecule has 0 bridgehead atoms. The van der Waals surface area contributed by atoms with Crippen molar-refractivity contribution in [3.8, 4) is 0 Å². The molecule has 0 saturated heterocycles. The van der Waals surface area contributed by atoms with Gasteiger partial charge in [-0.15, -0.1) is 0 Å². The van der Waals surface area contributed by atoms with Crippen molar-refractivity contribution in [3.63, 3.8) is 0 Å². The molecule has 0 fully saturated rings. The van der Waals surface area contributed by atoms with Gasteiger partial charge in [-0.3, -0.25) is 0 Å². The second-order valence-corrected chi connectivity index (χ2v) is 4.38. The summed E-state index contributed by atoms with van der Waals surface area (Å²) in [5, 5.41) is 55.7. The molecule has 0 amide bonds. The van der Waals surface area contributed by atoms with Crippen LogP contribution in [0.15, 0.2) is 30.3 Å². The highest BCUT2D eigenvalue weighted by Crippen LogP contribution is 2.11. The van der Waals surface area contributed by atoms with E-state index in [0.717, 1.165) is 0 Å². The first-order valence-corrected chi connectivity index (χ1v) is 6.15. The van der Waals surface area contributed by atoms with Gasteiger partial charge in [-0.2, -0.15) is 0 Å². The van der Waals surface area contributed by atoms with Gasteiger partial charge in [0.25, 0.3) is 0 Å². The van der Waals surface area contributed by atoms with Crippen LogP contribution in [-0.2, 0) is 4.74 Å². The van der Waals surface area contributed by atoms with Crippen LogP contribution in [0.3, 0.4) is 0 Å². The first kappa shape index (κ1) is 17.5. The van der Waals surface area contributed by atoms with Crippen molar-refractivity contribution in [2.45, 2.75) is 30.7 Å². The van der Waals surface area contributed by atoms with Crippen LogP contribution in [0.4, 0.5) is 0 Å². The predicted molar refractivity (Wildman–Crippen MR) is 69.0 cm³/mol. The third kappa shape index (κ3) is 4.74. The van der Waals surface area contributed by atoms with E-state index in [2.05, 4.69) is 4.74 Å². The SMILES string of the molecule is O=C(OC(O)[C@H](O)[C@@H](O)[C@H](O)[C@H](O)CO)c1ccccc1. The number of aliphatic hydroxyl groups is 6. The third-order valence-corrected chi connectivity index (χ3v) is 2.81. The van der Waals surface area contributed by atoms with Gasteiger partial charge in [0.2, 0.25) is 6.29 Å². The van der Waals surface area contributed by atoms with Crippen molar-refractivity contribution in [3.05, 3.63) is 35.9 Å². The zero-order valence-corrected chi connectivity index (χ0v) is 11.0. The molecule has 118 valence electrons. The molecule has 1 rings (SSSR count). The monoisotopic (exact) mass is 302 g/mol. The van der Waals surface area contributed by atoms with E-state index in [9.17, 15) is 25.2 Å². The second kappa shape index (κ2) is 8.03. The van der Waals surface area contributed by atoms with E-state index in [0.29, 0.717) is 0 Å². The summed E-state index contributed by atoms with van der Waals surface area (Å²) < 4.78 is 4.53. The molecule has 5 atom stereocenters. The Morgan fingerprint density at radius 1 is 0.952 bits per heavy atom. The Labute approximate surface area is 120 Å². The van der Waals surface area contributed by atoms with E-state index in [-0.39, 0.29) is 5.56 Å². The molecule has 0 aliphatic carbocycles. The average Bonchev–Trinajstić information content (AvgIpc) is 2.52. The van der Waals surface area contributed by atoms with Crippen molar-refractivity contribution < 1.29 is 40.2 Å². The Kier molecular flexibility index (Phi) is 6.69. The Morgan fingerprint density at radius 3 is 2.05 bits per heavy atom. The Morgan fingerprint density at radius 2 is 1.52 bits per heavy atom. The largest absolute Gasteiger partial charge is 0.429 e. The first-order chi connectivity index (χ1) is 9.88. The minimum absolute atomic E-state index is 0.120. The Bertz CT molecular complexity index is 437. The number of aliphatic hydroxyl groups excluding tert-OH is 6. The van der Waals surface area contributed by atoms with Crippen LogP contribution >= 0.6 is 0 Å². The molecule has 21 heavy (non-hydrogen) atoms. The number of benzene rings is 1. The van der Waals surface area contributed by atoms with Gasteiger partial charge in [0, 0.05) is 0 Å². The number of ether oxygens (including phenoxy) is 1. The molecule has 1 aromatic carbocycles. The summed E-state index contributed by atoms with van der Waals surface area (Å²) in [6.07, 6.45) is -9.84. The summed E-state index contributed by atoms with van der Waals surface area (Å²) in [7, 11) is 0.